The fourth-order valence-electron chi connectivity index (χ4n) is 4.35. The highest BCUT2D eigenvalue weighted by molar-refractivity contribution is 5.84. The molecule has 2 aliphatic heterocycles. The van der Waals surface area contributed by atoms with Crippen LogP contribution in [0.25, 0.3) is 5.57 Å². The highest BCUT2D eigenvalue weighted by Gasteiger charge is 2.24. The number of hydrogen-bond acceptors (Lipinski definition) is 7. The van der Waals surface area contributed by atoms with E-state index < -0.39 is 0 Å². The zero-order chi connectivity index (χ0) is 20.9. The lowest BCUT2D eigenvalue weighted by Gasteiger charge is -2.39. The minimum absolute atomic E-state index is 0.688. The van der Waals surface area contributed by atoms with Gasteiger partial charge < -0.3 is 5.32 Å². The highest BCUT2D eigenvalue weighted by Crippen LogP contribution is 2.30. The molecule has 2 aromatic rings. The van der Waals surface area contributed by atoms with E-state index >= 15 is 0 Å². The molecule has 0 bridgehead atoms. The van der Waals surface area contributed by atoms with Crippen LogP contribution in [0.2, 0.25) is 0 Å². The number of anilines is 2. The molecule has 0 aliphatic carbocycles. The second-order valence-electron chi connectivity index (χ2n) is 8.12. The van der Waals surface area contributed by atoms with Crippen LogP contribution in [-0.2, 0) is 0 Å². The molecule has 2 aliphatic rings. The molecule has 30 heavy (non-hydrogen) atoms. The molecule has 0 radical (unpaired) electrons. The van der Waals surface area contributed by atoms with Gasteiger partial charge in [0.2, 0.25) is 0 Å². The molecule has 2 N–H and O–H groups in total. The molecule has 1 fully saturated rings. The van der Waals surface area contributed by atoms with Crippen molar-refractivity contribution in [2.75, 3.05) is 23.4 Å². The number of rotatable bonds is 7. The Bertz CT molecular complexity index is 885. The van der Waals surface area contributed by atoms with Gasteiger partial charge in [-0.1, -0.05) is 19.1 Å². The van der Waals surface area contributed by atoms with Gasteiger partial charge in [0.15, 0.2) is 5.82 Å². The fourth-order valence-corrected chi connectivity index (χ4v) is 4.35. The van der Waals surface area contributed by atoms with Gasteiger partial charge in [-0.25, -0.2) is 15.0 Å². The van der Waals surface area contributed by atoms with E-state index in [4.69, 9.17) is 0 Å². The van der Waals surface area contributed by atoms with Gasteiger partial charge >= 0.3 is 0 Å². The van der Waals surface area contributed by atoms with Crippen LogP contribution in [0.4, 0.5) is 11.6 Å². The molecule has 0 aromatic carbocycles. The van der Waals surface area contributed by atoms with E-state index in [-0.39, 0.29) is 0 Å². The molecule has 4 rings (SSSR count). The molecular weight excluding hydrogens is 374 g/mol. The van der Waals surface area contributed by atoms with Crippen molar-refractivity contribution in [1.82, 2.24) is 25.3 Å². The lowest BCUT2D eigenvalue weighted by atomic mass is 9.97. The minimum Gasteiger partial charge on any atom is -0.370 e. The maximum absolute atomic E-state index is 4.42. The molecule has 7 nitrogen and oxygen atoms in total. The lowest BCUT2D eigenvalue weighted by Crippen LogP contribution is -2.44. The number of allylic oxidation sites excluding steroid dienone is 1. The van der Waals surface area contributed by atoms with Gasteiger partial charge in [0.05, 0.1) is 5.70 Å². The summed E-state index contributed by atoms with van der Waals surface area (Å²) in [5.74, 6) is 1.58. The van der Waals surface area contributed by atoms with Crippen molar-refractivity contribution < 1.29 is 0 Å². The van der Waals surface area contributed by atoms with Crippen molar-refractivity contribution in [3.63, 3.8) is 0 Å². The Hall–Kier alpha value is -2.93. The van der Waals surface area contributed by atoms with Crippen LogP contribution < -0.4 is 15.8 Å². The maximum Gasteiger partial charge on any atom is 0.157 e. The van der Waals surface area contributed by atoms with E-state index in [2.05, 4.69) is 51.0 Å². The summed E-state index contributed by atoms with van der Waals surface area (Å²) in [4.78, 5) is 15.6. The Morgan fingerprint density at radius 2 is 2.07 bits per heavy atom. The van der Waals surface area contributed by atoms with Gasteiger partial charge in [-0.3, -0.25) is 15.3 Å². The number of hydrogen-bond donors (Lipinski definition) is 2. The Morgan fingerprint density at radius 1 is 1.23 bits per heavy atom. The largest absolute Gasteiger partial charge is 0.370 e. The normalized spacial score (nSPS) is 22.0. The smallest absolute Gasteiger partial charge is 0.157 e. The van der Waals surface area contributed by atoms with Crippen LogP contribution in [0.3, 0.4) is 0 Å². The molecule has 2 aromatic heterocycles. The Labute approximate surface area is 178 Å². The maximum atomic E-state index is 4.42. The molecule has 0 amide bonds. The molecule has 0 spiro atoms. The summed E-state index contributed by atoms with van der Waals surface area (Å²) in [5, 5.41) is 5.31. The third kappa shape index (κ3) is 4.46. The SMILES string of the molecule is C=C1C(c2cccnc2)=CNN1c1cc(NCCCN2C(C)CCCC2C)ncn1. The van der Waals surface area contributed by atoms with Crippen molar-refractivity contribution in [2.45, 2.75) is 51.6 Å². The van der Waals surface area contributed by atoms with Crippen LogP contribution in [0.1, 0.15) is 45.1 Å². The summed E-state index contributed by atoms with van der Waals surface area (Å²) in [6.45, 7) is 10.9. The number of likely N-dealkylation sites (tertiary alicyclic amines) is 1. The van der Waals surface area contributed by atoms with E-state index in [1.807, 2.05) is 35.6 Å². The van der Waals surface area contributed by atoms with E-state index in [0.29, 0.717) is 12.1 Å². The average molecular weight is 406 g/mol. The Kier molecular flexibility index (Phi) is 6.28. The summed E-state index contributed by atoms with van der Waals surface area (Å²) >= 11 is 0. The number of pyridine rings is 1. The van der Waals surface area contributed by atoms with Crippen molar-refractivity contribution >= 4 is 17.2 Å². The molecule has 2 unspecified atom stereocenters. The second-order valence-corrected chi connectivity index (χ2v) is 8.12. The summed E-state index contributed by atoms with van der Waals surface area (Å²) in [6.07, 6.45) is 12.2. The van der Waals surface area contributed by atoms with E-state index in [0.717, 1.165) is 48.0 Å². The van der Waals surface area contributed by atoms with Crippen LogP contribution in [0.5, 0.6) is 0 Å². The first-order valence-electron chi connectivity index (χ1n) is 10.8. The van der Waals surface area contributed by atoms with Gasteiger partial charge in [0, 0.05) is 61.0 Å². The van der Waals surface area contributed by atoms with Crippen LogP contribution in [0, 0.1) is 0 Å². The number of piperidine rings is 1. The Morgan fingerprint density at radius 3 is 2.83 bits per heavy atom. The topological polar surface area (TPSA) is 69.2 Å². The molecule has 1 saturated heterocycles. The number of aromatic nitrogens is 3. The summed E-state index contributed by atoms with van der Waals surface area (Å²) in [6, 6.07) is 7.27. The van der Waals surface area contributed by atoms with E-state index in [1.165, 1.54) is 19.3 Å². The minimum atomic E-state index is 0.688. The average Bonchev–Trinajstić information content (AvgIpc) is 3.15. The molecular formula is C23H31N7. The van der Waals surface area contributed by atoms with Gasteiger partial charge in [-0.2, -0.15) is 0 Å². The predicted molar refractivity (Wildman–Crippen MR) is 122 cm³/mol. The zero-order valence-corrected chi connectivity index (χ0v) is 17.9. The number of nitrogens with one attached hydrogen (secondary N) is 2. The highest BCUT2D eigenvalue weighted by atomic mass is 15.5. The number of hydrazine groups is 1. The van der Waals surface area contributed by atoms with Crippen molar-refractivity contribution in [1.29, 1.82) is 0 Å². The van der Waals surface area contributed by atoms with Crippen molar-refractivity contribution in [3.8, 4) is 0 Å². The molecule has 7 heteroatoms. The monoisotopic (exact) mass is 405 g/mol. The van der Waals surface area contributed by atoms with E-state index in [9.17, 15) is 0 Å². The Balaban J connectivity index is 1.32. The standard InChI is InChI=1S/C23H31N7/c1-17-7-4-8-18(2)29(17)12-6-11-25-22-13-23(27-16-26-22)30-19(3)21(15-28-30)20-9-5-10-24-14-20/h5,9-10,13-18,28H,3-4,6-8,11-12H2,1-2H3,(H,25,26,27). The first-order chi connectivity index (χ1) is 14.6. The molecule has 158 valence electrons. The second kappa shape index (κ2) is 9.26. The number of nitrogens with zero attached hydrogens (tertiary/aromatic N) is 5. The predicted octanol–water partition coefficient (Wildman–Crippen LogP) is 3.82. The lowest BCUT2D eigenvalue weighted by molar-refractivity contribution is 0.103. The van der Waals surface area contributed by atoms with Gasteiger partial charge in [0.1, 0.15) is 12.1 Å². The van der Waals surface area contributed by atoms with Gasteiger partial charge in [-0.05, 0) is 39.2 Å². The van der Waals surface area contributed by atoms with E-state index in [1.54, 1.807) is 12.5 Å². The quantitative estimate of drug-likeness (QED) is 0.679. The van der Waals surface area contributed by atoms with Crippen LogP contribution in [0.15, 0.2) is 55.4 Å². The first kappa shape index (κ1) is 20.3. The first-order valence-corrected chi connectivity index (χ1v) is 10.8. The van der Waals surface area contributed by atoms with Crippen LogP contribution >= 0.6 is 0 Å². The fraction of sp³-hybridized carbons (Fsp3) is 0.435. The molecule has 4 heterocycles. The van der Waals surface area contributed by atoms with Crippen LogP contribution in [-0.4, -0.2) is 45.0 Å². The van der Waals surface area contributed by atoms with Crippen molar-refractivity contribution in [3.05, 3.63) is 61.0 Å². The third-order valence-electron chi connectivity index (χ3n) is 6.05. The van der Waals surface area contributed by atoms with Gasteiger partial charge in [0.25, 0.3) is 0 Å². The summed E-state index contributed by atoms with van der Waals surface area (Å²) < 4.78 is 0. The molecule has 2 atom stereocenters. The van der Waals surface area contributed by atoms with Gasteiger partial charge in [-0.15, -0.1) is 0 Å². The van der Waals surface area contributed by atoms with Crippen molar-refractivity contribution in [2.24, 2.45) is 0 Å². The summed E-state index contributed by atoms with van der Waals surface area (Å²) in [7, 11) is 0. The summed E-state index contributed by atoms with van der Waals surface area (Å²) in [5.41, 5.74) is 6.09. The third-order valence-corrected chi connectivity index (χ3v) is 6.05. The molecule has 0 saturated carbocycles. The zero-order valence-electron chi connectivity index (χ0n) is 17.9.